The smallest absolute Gasteiger partial charge is 0.220 e. The van der Waals surface area contributed by atoms with Gasteiger partial charge in [-0.25, -0.2) is 0 Å². The van der Waals surface area contributed by atoms with Crippen molar-refractivity contribution in [2.24, 2.45) is 10.9 Å². The predicted molar refractivity (Wildman–Crippen MR) is 121 cm³/mol. The van der Waals surface area contributed by atoms with Crippen molar-refractivity contribution in [2.75, 3.05) is 33.7 Å². The van der Waals surface area contributed by atoms with Crippen LogP contribution in [-0.4, -0.2) is 56.6 Å². The van der Waals surface area contributed by atoms with Gasteiger partial charge in [0.1, 0.15) is 11.9 Å². The number of likely N-dealkylation sites (tertiary alicyclic amines) is 1. The minimum absolute atomic E-state index is 0. The average Bonchev–Trinajstić information content (AvgIpc) is 2.65. The number of rotatable bonds is 6. The van der Waals surface area contributed by atoms with Crippen LogP contribution in [0.5, 0.6) is 5.75 Å². The van der Waals surface area contributed by atoms with E-state index in [1.807, 2.05) is 25.2 Å². The molecule has 1 aromatic carbocycles. The number of hydrogen-bond acceptors (Lipinski definition) is 3. The zero-order valence-electron chi connectivity index (χ0n) is 16.8. The van der Waals surface area contributed by atoms with Crippen LogP contribution in [0.2, 0.25) is 0 Å². The molecular weight excluding hydrogens is 455 g/mol. The third-order valence-electron chi connectivity index (χ3n) is 4.85. The number of benzene rings is 1. The normalized spacial score (nSPS) is 16.3. The van der Waals surface area contributed by atoms with Crippen LogP contribution in [0, 0.1) is 12.8 Å². The Kier molecular flexibility index (Phi) is 10.5. The second-order valence-electron chi connectivity index (χ2n) is 6.93. The van der Waals surface area contributed by atoms with Gasteiger partial charge in [0.15, 0.2) is 5.96 Å². The van der Waals surface area contributed by atoms with Gasteiger partial charge in [-0.15, -0.1) is 24.0 Å². The number of aliphatic imine (C=N–C) groups is 1. The summed E-state index contributed by atoms with van der Waals surface area (Å²) in [5, 5.41) is 6.13. The highest BCUT2D eigenvalue weighted by molar-refractivity contribution is 14.0. The van der Waals surface area contributed by atoms with Crippen molar-refractivity contribution >= 4 is 35.8 Å². The van der Waals surface area contributed by atoms with Crippen molar-refractivity contribution < 1.29 is 9.53 Å². The van der Waals surface area contributed by atoms with Crippen molar-refractivity contribution in [3.63, 3.8) is 0 Å². The molecule has 0 aromatic heterocycles. The quantitative estimate of drug-likeness (QED) is 0.367. The van der Waals surface area contributed by atoms with E-state index in [9.17, 15) is 4.79 Å². The second-order valence-corrected chi connectivity index (χ2v) is 6.93. The number of amides is 1. The van der Waals surface area contributed by atoms with Crippen LogP contribution in [0.3, 0.4) is 0 Å². The molecule has 1 aliphatic heterocycles. The molecule has 0 bridgehead atoms. The molecular formula is C20H33IN4O2. The lowest BCUT2D eigenvalue weighted by Gasteiger charge is -2.34. The minimum atomic E-state index is 0. The Morgan fingerprint density at radius 3 is 2.59 bits per heavy atom. The van der Waals surface area contributed by atoms with Crippen LogP contribution < -0.4 is 15.4 Å². The highest BCUT2D eigenvalue weighted by Crippen LogP contribution is 2.20. The lowest BCUT2D eigenvalue weighted by atomic mass is 9.93. The van der Waals surface area contributed by atoms with E-state index in [0.717, 1.165) is 43.2 Å². The number of hydrogen-bond donors (Lipinski definition) is 2. The molecule has 1 unspecified atom stereocenters. The first-order chi connectivity index (χ1) is 12.5. The third kappa shape index (κ3) is 7.56. The van der Waals surface area contributed by atoms with E-state index in [1.165, 1.54) is 0 Å². The summed E-state index contributed by atoms with van der Waals surface area (Å²) in [5.74, 6) is 2.43. The van der Waals surface area contributed by atoms with Gasteiger partial charge in [-0.3, -0.25) is 9.79 Å². The first-order valence-electron chi connectivity index (χ1n) is 9.42. The Balaban J connectivity index is 0.00000364. The van der Waals surface area contributed by atoms with Crippen molar-refractivity contribution in [3.8, 4) is 5.75 Å². The summed E-state index contributed by atoms with van der Waals surface area (Å²) in [7, 11) is 3.51. The molecule has 0 aliphatic carbocycles. The van der Waals surface area contributed by atoms with Gasteiger partial charge < -0.3 is 20.3 Å². The van der Waals surface area contributed by atoms with Crippen LogP contribution in [-0.2, 0) is 4.79 Å². The average molecular weight is 488 g/mol. The first kappa shape index (κ1) is 23.5. The zero-order valence-corrected chi connectivity index (χ0v) is 19.2. The fraction of sp³-hybridized carbons (Fsp3) is 0.600. The summed E-state index contributed by atoms with van der Waals surface area (Å²) in [6.07, 6.45) is 2.70. The molecule has 0 radical (unpaired) electrons. The Morgan fingerprint density at radius 2 is 2.00 bits per heavy atom. The van der Waals surface area contributed by atoms with E-state index in [4.69, 9.17) is 4.74 Å². The fourth-order valence-electron chi connectivity index (χ4n) is 3.23. The number of piperidine rings is 1. The van der Waals surface area contributed by atoms with E-state index in [0.29, 0.717) is 18.9 Å². The van der Waals surface area contributed by atoms with E-state index in [-0.39, 0.29) is 36.0 Å². The lowest BCUT2D eigenvalue weighted by Crippen LogP contribution is -2.48. The number of nitrogens with zero attached hydrogens (tertiary/aromatic N) is 2. The molecule has 27 heavy (non-hydrogen) atoms. The van der Waals surface area contributed by atoms with Crippen LogP contribution in [0.1, 0.15) is 31.7 Å². The monoisotopic (exact) mass is 488 g/mol. The number of guanidine groups is 1. The van der Waals surface area contributed by atoms with Crippen LogP contribution >= 0.6 is 24.0 Å². The van der Waals surface area contributed by atoms with Gasteiger partial charge in [0.2, 0.25) is 5.91 Å². The number of carbonyl (C=O) groups excluding carboxylic acids is 1. The van der Waals surface area contributed by atoms with E-state index >= 15 is 0 Å². The number of para-hydroxylation sites is 1. The topological polar surface area (TPSA) is 66.0 Å². The molecule has 1 aromatic rings. The number of carbonyl (C=O) groups is 1. The summed E-state index contributed by atoms with van der Waals surface area (Å²) in [5.41, 5.74) is 1.14. The van der Waals surface area contributed by atoms with Crippen LogP contribution in [0.25, 0.3) is 0 Å². The summed E-state index contributed by atoms with van der Waals surface area (Å²) >= 11 is 0. The molecule has 2 rings (SSSR count). The molecule has 1 aliphatic rings. The summed E-state index contributed by atoms with van der Waals surface area (Å²) < 4.78 is 6.02. The molecule has 0 saturated carbocycles. The largest absolute Gasteiger partial charge is 0.489 e. The van der Waals surface area contributed by atoms with Gasteiger partial charge in [-0.2, -0.15) is 0 Å². The van der Waals surface area contributed by atoms with E-state index < -0.39 is 0 Å². The molecule has 6 nitrogen and oxygen atoms in total. The van der Waals surface area contributed by atoms with Gasteiger partial charge in [0.05, 0.1) is 6.54 Å². The van der Waals surface area contributed by atoms with Gasteiger partial charge in [-0.05, 0) is 44.2 Å². The standard InChI is InChI=1S/C20H32N4O2.HI/c1-15-7-5-6-8-18(15)26-16(2)14-23-20(22-4)24-11-9-17(10-12-24)13-19(25)21-3;/h5-8,16-17H,9-14H2,1-4H3,(H,21,25)(H,22,23);1H. The van der Waals surface area contributed by atoms with Crippen molar-refractivity contribution in [2.45, 2.75) is 39.2 Å². The van der Waals surface area contributed by atoms with Gasteiger partial charge in [0.25, 0.3) is 0 Å². The maximum Gasteiger partial charge on any atom is 0.220 e. The van der Waals surface area contributed by atoms with Crippen molar-refractivity contribution in [1.82, 2.24) is 15.5 Å². The fourth-order valence-corrected chi connectivity index (χ4v) is 3.23. The number of halogens is 1. The summed E-state index contributed by atoms with van der Waals surface area (Å²) in [6.45, 7) is 6.65. The molecule has 152 valence electrons. The van der Waals surface area contributed by atoms with Gasteiger partial charge in [0, 0.05) is 33.6 Å². The second kappa shape index (κ2) is 12.0. The van der Waals surface area contributed by atoms with Crippen LogP contribution in [0.4, 0.5) is 0 Å². The molecule has 2 N–H and O–H groups in total. The summed E-state index contributed by atoms with van der Waals surface area (Å²) in [6, 6.07) is 8.06. The third-order valence-corrected chi connectivity index (χ3v) is 4.85. The molecule has 1 heterocycles. The highest BCUT2D eigenvalue weighted by Gasteiger charge is 2.23. The molecule has 1 saturated heterocycles. The van der Waals surface area contributed by atoms with Gasteiger partial charge >= 0.3 is 0 Å². The van der Waals surface area contributed by atoms with E-state index in [1.54, 1.807) is 7.05 Å². The minimum Gasteiger partial charge on any atom is -0.489 e. The van der Waals surface area contributed by atoms with Crippen molar-refractivity contribution in [3.05, 3.63) is 29.8 Å². The number of aryl methyl sites for hydroxylation is 1. The molecule has 1 amide bonds. The molecule has 0 spiro atoms. The molecule has 1 atom stereocenters. The first-order valence-corrected chi connectivity index (χ1v) is 9.42. The number of nitrogens with one attached hydrogen (secondary N) is 2. The SMILES string of the molecule is CN=C(NCC(C)Oc1ccccc1C)N1CCC(CC(=O)NC)CC1.I. The Labute approximate surface area is 180 Å². The Morgan fingerprint density at radius 1 is 1.33 bits per heavy atom. The lowest BCUT2D eigenvalue weighted by molar-refractivity contribution is -0.121. The Hall–Kier alpha value is -1.51. The summed E-state index contributed by atoms with van der Waals surface area (Å²) in [4.78, 5) is 18.2. The van der Waals surface area contributed by atoms with Gasteiger partial charge in [-0.1, -0.05) is 18.2 Å². The van der Waals surface area contributed by atoms with Crippen molar-refractivity contribution in [1.29, 1.82) is 0 Å². The molecule has 7 heteroatoms. The number of ether oxygens (including phenoxy) is 1. The molecule has 1 fully saturated rings. The van der Waals surface area contributed by atoms with E-state index in [2.05, 4.69) is 40.4 Å². The maximum atomic E-state index is 11.5. The van der Waals surface area contributed by atoms with Crippen LogP contribution in [0.15, 0.2) is 29.3 Å². The Bertz CT molecular complexity index is 616. The maximum absolute atomic E-state index is 11.5. The highest BCUT2D eigenvalue weighted by atomic mass is 127. The predicted octanol–water partition coefficient (Wildman–Crippen LogP) is 2.80. The zero-order chi connectivity index (χ0) is 18.9.